The molecular formula is C20H16N2O5S2. The number of fused-ring (bicyclic) bond motifs is 2. The smallest absolute Gasteiger partial charge is 0.396 e. The minimum absolute atomic E-state index is 0.0647. The average molecular weight is 428 g/mol. The Morgan fingerprint density at radius 3 is 2.66 bits per heavy atom. The van der Waals surface area contributed by atoms with Gasteiger partial charge in [0.15, 0.2) is 0 Å². The quantitative estimate of drug-likeness (QED) is 0.491. The van der Waals surface area contributed by atoms with Crippen molar-refractivity contribution in [2.45, 2.75) is 18.7 Å². The highest BCUT2D eigenvalue weighted by Crippen LogP contribution is 2.32. The van der Waals surface area contributed by atoms with Crippen LogP contribution < -0.4 is 9.24 Å². The van der Waals surface area contributed by atoms with Crippen molar-refractivity contribution in [3.63, 3.8) is 0 Å². The predicted molar refractivity (Wildman–Crippen MR) is 112 cm³/mol. The number of rotatable bonds is 4. The Morgan fingerprint density at radius 2 is 1.90 bits per heavy atom. The van der Waals surface area contributed by atoms with E-state index in [1.165, 1.54) is 30.5 Å². The van der Waals surface area contributed by atoms with Crippen molar-refractivity contribution in [2.75, 3.05) is 4.31 Å². The number of carbonyl (C=O) groups is 1. The molecule has 29 heavy (non-hydrogen) atoms. The largest absolute Gasteiger partial charge is 0.414 e. The Kier molecular flexibility index (Phi) is 4.71. The van der Waals surface area contributed by atoms with Gasteiger partial charge in [-0.15, -0.1) is 0 Å². The summed E-state index contributed by atoms with van der Waals surface area (Å²) in [4.78, 5) is 28.2. The summed E-state index contributed by atoms with van der Waals surface area (Å²) in [6.45, 7) is 3.25. The number of hydrogen-bond acceptors (Lipinski definition) is 7. The molecule has 1 amide bonds. The molecule has 0 unspecified atom stereocenters. The number of amides is 1. The summed E-state index contributed by atoms with van der Waals surface area (Å²) in [5.41, 5.74) is 0.761. The lowest BCUT2D eigenvalue weighted by Crippen LogP contribution is -2.39. The Morgan fingerprint density at radius 1 is 1.14 bits per heavy atom. The highest BCUT2D eigenvalue weighted by Gasteiger charge is 2.34. The molecule has 0 fully saturated rings. The van der Waals surface area contributed by atoms with Gasteiger partial charge in [-0.05, 0) is 30.3 Å². The zero-order chi connectivity index (χ0) is 20.8. The lowest BCUT2D eigenvalue weighted by atomic mass is 10.2. The van der Waals surface area contributed by atoms with Gasteiger partial charge in [-0.3, -0.25) is 9.78 Å². The monoisotopic (exact) mass is 428 g/mol. The number of hydrogen-bond donors (Lipinski definition) is 0. The molecule has 7 nitrogen and oxygen atoms in total. The second-order valence-electron chi connectivity index (χ2n) is 6.68. The van der Waals surface area contributed by atoms with Gasteiger partial charge < -0.3 is 4.42 Å². The molecule has 0 aliphatic rings. The zero-order valence-corrected chi connectivity index (χ0v) is 17.2. The van der Waals surface area contributed by atoms with E-state index in [0.717, 1.165) is 15.6 Å². The summed E-state index contributed by atoms with van der Waals surface area (Å²) in [5, 5.41) is 0.647. The van der Waals surface area contributed by atoms with E-state index < -0.39 is 26.8 Å². The topological polar surface area (TPSA) is 97.5 Å². The van der Waals surface area contributed by atoms with Crippen LogP contribution in [0.5, 0.6) is 0 Å². The first-order valence-electron chi connectivity index (χ1n) is 8.75. The van der Waals surface area contributed by atoms with Crippen LogP contribution in [0.3, 0.4) is 0 Å². The summed E-state index contributed by atoms with van der Waals surface area (Å²) < 4.78 is 33.5. The Hall–Kier alpha value is -3.04. The van der Waals surface area contributed by atoms with Crippen molar-refractivity contribution in [1.82, 2.24) is 4.98 Å². The van der Waals surface area contributed by atoms with Crippen molar-refractivity contribution < 1.29 is 17.6 Å². The fraction of sp³-hybridized carbons (Fsp3) is 0.150. The van der Waals surface area contributed by atoms with E-state index in [4.69, 9.17) is 4.42 Å². The lowest BCUT2D eigenvalue weighted by molar-refractivity contribution is -0.120. The number of aromatic nitrogens is 1. The second-order valence-corrected chi connectivity index (χ2v) is 9.41. The number of para-hydroxylation sites is 1. The standard InChI is InChI=1S/C20H16N2O5S2/c1-12(2)19(23)22(14-8-9-15-16(11-14)28-20(24)27-15)29(25,26)17-7-3-5-13-6-4-10-21-18(13)17/h3-12H,1-2H3. The summed E-state index contributed by atoms with van der Waals surface area (Å²) in [6.07, 6.45) is 1.50. The molecule has 0 bridgehead atoms. The van der Waals surface area contributed by atoms with Crippen LogP contribution in [0.2, 0.25) is 0 Å². The van der Waals surface area contributed by atoms with E-state index in [2.05, 4.69) is 4.98 Å². The minimum Gasteiger partial charge on any atom is -0.414 e. The number of nitrogens with zero attached hydrogens (tertiary/aromatic N) is 2. The number of sulfonamides is 1. The Balaban J connectivity index is 1.97. The molecule has 0 spiro atoms. The maximum absolute atomic E-state index is 13.6. The van der Waals surface area contributed by atoms with Crippen LogP contribution in [-0.4, -0.2) is 19.3 Å². The second kappa shape index (κ2) is 7.09. The first-order chi connectivity index (χ1) is 13.8. The normalized spacial score (nSPS) is 12.0. The van der Waals surface area contributed by atoms with Crippen LogP contribution >= 0.6 is 11.3 Å². The van der Waals surface area contributed by atoms with Crippen LogP contribution in [-0.2, 0) is 14.8 Å². The van der Waals surface area contributed by atoms with Gasteiger partial charge in [-0.2, -0.15) is 0 Å². The minimum atomic E-state index is -4.27. The van der Waals surface area contributed by atoms with Gasteiger partial charge in [0.05, 0.1) is 15.9 Å². The van der Waals surface area contributed by atoms with Crippen molar-refractivity contribution >= 4 is 54.1 Å². The maximum atomic E-state index is 13.6. The first kappa shape index (κ1) is 19.3. The van der Waals surface area contributed by atoms with Gasteiger partial charge in [0.2, 0.25) is 5.91 Å². The summed E-state index contributed by atoms with van der Waals surface area (Å²) >= 11 is 0.845. The number of pyridine rings is 1. The summed E-state index contributed by atoms with van der Waals surface area (Å²) in [7, 11) is -4.27. The number of carbonyl (C=O) groups excluding carboxylic acids is 1. The molecule has 4 rings (SSSR count). The molecule has 0 atom stereocenters. The molecule has 0 N–H and O–H groups in total. The van der Waals surface area contributed by atoms with Crippen molar-refractivity contribution in [3.8, 4) is 0 Å². The third kappa shape index (κ3) is 3.32. The number of benzene rings is 2. The highest BCUT2D eigenvalue weighted by atomic mass is 32.2. The molecule has 2 aromatic heterocycles. The van der Waals surface area contributed by atoms with Gasteiger partial charge in [-0.25, -0.2) is 17.5 Å². The van der Waals surface area contributed by atoms with Crippen LogP contribution in [0, 0.1) is 5.92 Å². The van der Waals surface area contributed by atoms with Crippen LogP contribution in [0.4, 0.5) is 5.69 Å². The molecule has 2 aromatic carbocycles. The van der Waals surface area contributed by atoms with Crippen LogP contribution in [0.15, 0.2) is 68.8 Å². The van der Waals surface area contributed by atoms with Gasteiger partial charge >= 0.3 is 4.94 Å². The van der Waals surface area contributed by atoms with Crippen LogP contribution in [0.1, 0.15) is 13.8 Å². The zero-order valence-electron chi connectivity index (χ0n) is 15.5. The molecule has 0 saturated carbocycles. The molecule has 148 valence electrons. The third-order valence-corrected chi connectivity index (χ3v) is 6.90. The molecule has 2 heterocycles. The Bertz CT molecular complexity index is 1400. The SMILES string of the molecule is CC(C)C(=O)N(c1ccc2oc(=O)sc2c1)S(=O)(=O)c1cccc2cccnc12. The van der Waals surface area contributed by atoms with Crippen LogP contribution in [0.25, 0.3) is 21.2 Å². The average Bonchev–Trinajstić information content (AvgIpc) is 3.06. The van der Waals surface area contributed by atoms with Gasteiger partial charge in [0.25, 0.3) is 10.0 Å². The van der Waals surface area contributed by atoms with Gasteiger partial charge in [0, 0.05) is 17.5 Å². The first-order valence-corrected chi connectivity index (χ1v) is 11.0. The van der Waals surface area contributed by atoms with E-state index in [0.29, 0.717) is 15.7 Å². The van der Waals surface area contributed by atoms with Crippen molar-refractivity contribution in [3.05, 3.63) is 64.5 Å². The third-order valence-electron chi connectivity index (χ3n) is 4.36. The maximum Gasteiger partial charge on any atom is 0.396 e. The molecule has 4 aromatic rings. The fourth-order valence-electron chi connectivity index (χ4n) is 2.99. The molecule has 9 heteroatoms. The molecule has 0 radical (unpaired) electrons. The van der Waals surface area contributed by atoms with E-state index in [1.807, 2.05) is 0 Å². The predicted octanol–water partition coefficient (Wildman–Crippen LogP) is 3.78. The number of anilines is 1. The molecule has 0 aliphatic heterocycles. The summed E-state index contributed by atoms with van der Waals surface area (Å²) in [6, 6.07) is 12.7. The van der Waals surface area contributed by atoms with E-state index in [-0.39, 0.29) is 16.1 Å². The highest BCUT2D eigenvalue weighted by molar-refractivity contribution is 7.93. The molecule has 0 saturated heterocycles. The van der Waals surface area contributed by atoms with Crippen molar-refractivity contribution in [2.24, 2.45) is 5.92 Å². The van der Waals surface area contributed by atoms with E-state index >= 15 is 0 Å². The lowest BCUT2D eigenvalue weighted by Gasteiger charge is -2.24. The van der Waals surface area contributed by atoms with Gasteiger partial charge in [0.1, 0.15) is 10.5 Å². The fourth-order valence-corrected chi connectivity index (χ4v) is 5.39. The van der Waals surface area contributed by atoms with Crippen molar-refractivity contribution in [1.29, 1.82) is 0 Å². The van der Waals surface area contributed by atoms with Gasteiger partial charge in [-0.1, -0.05) is 43.4 Å². The Labute approximate surface area is 170 Å². The summed E-state index contributed by atoms with van der Waals surface area (Å²) in [5.74, 6) is -1.17. The molecular weight excluding hydrogens is 412 g/mol. The van der Waals surface area contributed by atoms with E-state index in [9.17, 15) is 18.0 Å². The molecule has 0 aliphatic carbocycles. The van der Waals surface area contributed by atoms with E-state index in [1.54, 1.807) is 38.1 Å².